The number of hydrogen-bond acceptors (Lipinski definition) is 4. The van der Waals surface area contributed by atoms with Crippen LogP contribution in [0.3, 0.4) is 0 Å². The van der Waals surface area contributed by atoms with Gasteiger partial charge in [-0.05, 0) is 53.8 Å². The smallest absolute Gasteiger partial charge is 0.416 e. The lowest BCUT2D eigenvalue weighted by molar-refractivity contribution is -0.137. The number of alkyl halides is 3. The maximum absolute atomic E-state index is 13.0. The average molecular weight is 498 g/mol. The maximum Gasteiger partial charge on any atom is 0.416 e. The molecule has 1 amide bonds. The van der Waals surface area contributed by atoms with Gasteiger partial charge in [-0.3, -0.25) is 10.1 Å². The second kappa shape index (κ2) is 11.0. The van der Waals surface area contributed by atoms with Crippen LogP contribution < -0.4 is 20.3 Å². The molecule has 5 nitrogen and oxygen atoms in total. The van der Waals surface area contributed by atoms with E-state index >= 15 is 0 Å². The third-order valence-electron chi connectivity index (χ3n) is 6.49. The predicted molar refractivity (Wildman–Crippen MR) is 134 cm³/mol. The molecule has 0 saturated carbocycles. The second-order valence-corrected chi connectivity index (χ2v) is 8.91. The fourth-order valence-electron chi connectivity index (χ4n) is 4.42. The van der Waals surface area contributed by atoms with Crippen molar-refractivity contribution in [1.82, 2.24) is 10.6 Å². The van der Waals surface area contributed by atoms with Crippen LogP contribution in [-0.2, 0) is 17.4 Å². The zero-order chi connectivity index (χ0) is 25.7. The molecule has 36 heavy (non-hydrogen) atoms. The molecule has 0 radical (unpaired) electrons. The standard InChI is InChI=1S/C28H30F3N3O2/c1-32-27(35)26(20-6-4-3-5-7-20)33-23(14-10-19-8-12-22(13-9-19)28(29,30)31)21-11-15-24-25(18-21)36-17-16-34(24)2/h3-9,11-13,15,18,23,26,33H,10,14,16-17H2,1-2H3,(H,32,35)/t23-,26+/m0/s1. The van der Waals surface area contributed by atoms with Gasteiger partial charge in [-0.1, -0.05) is 48.5 Å². The molecule has 2 atom stereocenters. The third-order valence-corrected chi connectivity index (χ3v) is 6.49. The highest BCUT2D eigenvalue weighted by Crippen LogP contribution is 2.35. The Labute approximate surface area is 209 Å². The van der Waals surface area contributed by atoms with E-state index in [4.69, 9.17) is 4.74 Å². The summed E-state index contributed by atoms with van der Waals surface area (Å²) in [7, 11) is 3.61. The van der Waals surface area contributed by atoms with Gasteiger partial charge in [0.2, 0.25) is 5.91 Å². The fraction of sp³-hybridized carbons (Fsp3) is 0.321. The Morgan fingerprint density at radius 2 is 1.75 bits per heavy atom. The van der Waals surface area contributed by atoms with Crippen LogP contribution in [0.25, 0.3) is 0 Å². The highest BCUT2D eigenvalue weighted by molar-refractivity contribution is 5.83. The van der Waals surface area contributed by atoms with Crippen molar-refractivity contribution in [2.75, 3.05) is 32.1 Å². The monoisotopic (exact) mass is 497 g/mol. The Bertz CT molecular complexity index is 1170. The molecule has 8 heteroatoms. The van der Waals surface area contributed by atoms with E-state index in [1.807, 2.05) is 55.6 Å². The van der Waals surface area contributed by atoms with Crippen LogP contribution in [0.5, 0.6) is 5.75 Å². The molecule has 3 aromatic rings. The highest BCUT2D eigenvalue weighted by atomic mass is 19.4. The lowest BCUT2D eigenvalue weighted by atomic mass is 9.95. The van der Waals surface area contributed by atoms with Crippen LogP contribution in [0.1, 0.15) is 40.8 Å². The first-order valence-electron chi connectivity index (χ1n) is 11.9. The zero-order valence-corrected chi connectivity index (χ0v) is 20.3. The third kappa shape index (κ3) is 5.99. The summed E-state index contributed by atoms with van der Waals surface area (Å²) < 4.78 is 44.8. The molecule has 1 aliphatic rings. The number of halogens is 3. The molecule has 0 aliphatic carbocycles. The lowest BCUT2D eigenvalue weighted by Gasteiger charge is -2.30. The van der Waals surface area contributed by atoms with Gasteiger partial charge < -0.3 is 15.0 Å². The van der Waals surface area contributed by atoms with Crippen molar-refractivity contribution in [1.29, 1.82) is 0 Å². The van der Waals surface area contributed by atoms with Crippen LogP contribution >= 0.6 is 0 Å². The number of aryl methyl sites for hydroxylation is 1. The van der Waals surface area contributed by atoms with E-state index in [1.165, 1.54) is 12.1 Å². The molecule has 4 rings (SSSR count). The minimum atomic E-state index is -4.37. The summed E-state index contributed by atoms with van der Waals surface area (Å²) in [6.07, 6.45) is -3.27. The topological polar surface area (TPSA) is 53.6 Å². The first-order chi connectivity index (χ1) is 17.3. The van der Waals surface area contributed by atoms with Crippen LogP contribution in [0, 0.1) is 0 Å². The van der Waals surface area contributed by atoms with Crippen LogP contribution in [-0.4, -0.2) is 33.2 Å². The number of fused-ring (bicyclic) bond motifs is 1. The molecular weight excluding hydrogens is 467 g/mol. The van der Waals surface area contributed by atoms with Gasteiger partial charge in [0.25, 0.3) is 0 Å². The SMILES string of the molecule is CNC(=O)[C@H](N[C@@H](CCc1ccc(C(F)(F)F)cc1)c1ccc2c(c1)OCCN2C)c1ccccc1. The van der Waals surface area contributed by atoms with E-state index in [9.17, 15) is 18.0 Å². The molecule has 1 heterocycles. The molecule has 1 aliphatic heterocycles. The number of ether oxygens (including phenoxy) is 1. The normalized spacial score (nSPS) is 15.0. The lowest BCUT2D eigenvalue weighted by Crippen LogP contribution is -2.38. The first kappa shape index (κ1) is 25.6. The van der Waals surface area contributed by atoms with E-state index in [1.54, 1.807) is 7.05 Å². The second-order valence-electron chi connectivity index (χ2n) is 8.91. The summed E-state index contributed by atoms with van der Waals surface area (Å²) in [6.45, 7) is 1.39. The number of carbonyl (C=O) groups is 1. The van der Waals surface area contributed by atoms with Crippen molar-refractivity contribution >= 4 is 11.6 Å². The van der Waals surface area contributed by atoms with Crippen molar-refractivity contribution in [3.63, 3.8) is 0 Å². The van der Waals surface area contributed by atoms with Crippen molar-refractivity contribution in [3.8, 4) is 5.75 Å². The summed E-state index contributed by atoms with van der Waals surface area (Å²) in [6, 6.07) is 19.8. The van der Waals surface area contributed by atoms with Crippen molar-refractivity contribution < 1.29 is 22.7 Å². The molecule has 2 N–H and O–H groups in total. The summed E-state index contributed by atoms with van der Waals surface area (Å²) in [5.74, 6) is 0.605. The quantitative estimate of drug-likeness (QED) is 0.445. The van der Waals surface area contributed by atoms with Crippen LogP contribution in [0.4, 0.5) is 18.9 Å². The van der Waals surface area contributed by atoms with Gasteiger partial charge in [-0.15, -0.1) is 0 Å². The predicted octanol–water partition coefficient (Wildman–Crippen LogP) is 5.28. The summed E-state index contributed by atoms with van der Waals surface area (Å²) in [5.41, 5.74) is 2.89. The van der Waals surface area contributed by atoms with E-state index in [2.05, 4.69) is 15.5 Å². The number of likely N-dealkylation sites (N-methyl/N-ethyl adjacent to an activating group) is 2. The number of anilines is 1. The molecule has 0 unspecified atom stereocenters. The summed E-state index contributed by atoms with van der Waals surface area (Å²) in [4.78, 5) is 15.0. The molecule has 0 saturated heterocycles. The largest absolute Gasteiger partial charge is 0.490 e. The van der Waals surface area contributed by atoms with Crippen LogP contribution in [0.15, 0.2) is 72.8 Å². The Morgan fingerprint density at radius 3 is 2.42 bits per heavy atom. The van der Waals surface area contributed by atoms with Gasteiger partial charge in [0.1, 0.15) is 18.4 Å². The van der Waals surface area contributed by atoms with Crippen molar-refractivity contribution in [2.24, 2.45) is 0 Å². The minimum Gasteiger partial charge on any atom is -0.490 e. The minimum absolute atomic E-state index is 0.172. The van der Waals surface area contributed by atoms with Gasteiger partial charge in [0.15, 0.2) is 0 Å². The number of nitrogens with one attached hydrogen (secondary N) is 2. The fourth-order valence-corrected chi connectivity index (χ4v) is 4.42. The summed E-state index contributed by atoms with van der Waals surface area (Å²) >= 11 is 0. The van der Waals surface area contributed by atoms with Gasteiger partial charge in [0, 0.05) is 20.1 Å². The Kier molecular flexibility index (Phi) is 7.84. The maximum atomic E-state index is 13.0. The number of rotatable bonds is 8. The van der Waals surface area contributed by atoms with E-state index in [0.717, 1.165) is 46.8 Å². The average Bonchev–Trinajstić information content (AvgIpc) is 2.88. The number of hydrogen-bond donors (Lipinski definition) is 2. The number of nitrogens with zero attached hydrogens (tertiary/aromatic N) is 1. The molecular formula is C28H30F3N3O2. The van der Waals surface area contributed by atoms with E-state index in [-0.39, 0.29) is 11.9 Å². The molecule has 0 aromatic heterocycles. The van der Waals surface area contributed by atoms with Gasteiger partial charge in [0.05, 0.1) is 17.8 Å². The zero-order valence-electron chi connectivity index (χ0n) is 20.3. The van der Waals surface area contributed by atoms with Gasteiger partial charge in [-0.25, -0.2) is 0 Å². The van der Waals surface area contributed by atoms with E-state index in [0.29, 0.717) is 19.4 Å². The molecule has 0 bridgehead atoms. The Hall–Kier alpha value is -3.52. The van der Waals surface area contributed by atoms with Crippen molar-refractivity contribution in [3.05, 3.63) is 95.1 Å². The van der Waals surface area contributed by atoms with Gasteiger partial charge >= 0.3 is 6.18 Å². The van der Waals surface area contributed by atoms with Gasteiger partial charge in [-0.2, -0.15) is 13.2 Å². The van der Waals surface area contributed by atoms with Crippen molar-refractivity contribution in [2.45, 2.75) is 31.1 Å². The highest BCUT2D eigenvalue weighted by Gasteiger charge is 2.30. The Morgan fingerprint density at radius 1 is 1.03 bits per heavy atom. The first-order valence-corrected chi connectivity index (χ1v) is 11.9. The van der Waals surface area contributed by atoms with Crippen LogP contribution in [0.2, 0.25) is 0 Å². The summed E-state index contributed by atoms with van der Waals surface area (Å²) in [5, 5.41) is 6.23. The number of amides is 1. The molecule has 0 spiro atoms. The Balaban J connectivity index is 1.62. The number of carbonyl (C=O) groups excluding carboxylic acids is 1. The molecule has 0 fully saturated rings. The molecule has 3 aromatic carbocycles. The number of benzene rings is 3. The van der Waals surface area contributed by atoms with E-state index < -0.39 is 17.8 Å². The molecule has 190 valence electrons.